The quantitative estimate of drug-likeness (QED) is 0.668. The first-order valence-electron chi connectivity index (χ1n) is 4.53. The van der Waals surface area contributed by atoms with Crippen molar-refractivity contribution in [3.8, 4) is 11.4 Å². The summed E-state index contributed by atoms with van der Waals surface area (Å²) in [5, 5.41) is 6.74. The van der Waals surface area contributed by atoms with E-state index in [0.717, 1.165) is 17.5 Å². The predicted molar refractivity (Wildman–Crippen MR) is 73.3 cm³/mol. The third-order valence-electron chi connectivity index (χ3n) is 1.79. The number of rotatable bonds is 3. The van der Waals surface area contributed by atoms with Gasteiger partial charge in [0.2, 0.25) is 0 Å². The molecule has 17 heavy (non-hydrogen) atoms. The maximum atomic E-state index is 5.57. The second-order valence-electron chi connectivity index (χ2n) is 3.02. The van der Waals surface area contributed by atoms with Gasteiger partial charge in [-0.05, 0) is 0 Å². The summed E-state index contributed by atoms with van der Waals surface area (Å²) < 4.78 is 1.29. The van der Waals surface area contributed by atoms with Gasteiger partial charge in [0, 0.05) is 17.5 Å². The van der Waals surface area contributed by atoms with E-state index >= 15 is 0 Å². The summed E-state index contributed by atoms with van der Waals surface area (Å²) in [4.78, 5) is 4.21. The fourth-order valence-corrected chi connectivity index (χ4v) is 1.78. The molecule has 0 spiro atoms. The van der Waals surface area contributed by atoms with E-state index < -0.39 is 3.12 Å². The van der Waals surface area contributed by atoms with E-state index in [4.69, 9.17) is 34.8 Å². The lowest BCUT2D eigenvalue weighted by Gasteiger charge is -2.08. The number of hydrogen-bond donors (Lipinski definition) is 2. The molecule has 2 aromatic rings. The van der Waals surface area contributed by atoms with Crippen LogP contribution in [0, 0.1) is 0 Å². The molecule has 4 nitrogen and oxygen atoms in total. The number of nitrogens with one attached hydrogen (secondary N) is 2. The number of aromatic nitrogens is 3. The molecule has 2 rings (SSSR count). The molecule has 0 aliphatic rings. The largest absolute Gasteiger partial charge is 0.293 e. The molecular weight excluding hydrogens is 303 g/mol. The Hall–Kier alpha value is -0.620. The number of benzene rings is 1. The molecule has 0 radical (unpaired) electrons. The molecule has 2 N–H and O–H groups in total. The molecular formula is C9H7Cl3N4S. The minimum absolute atomic E-state index is 0.361. The van der Waals surface area contributed by atoms with Crippen LogP contribution in [0.5, 0.6) is 0 Å². The van der Waals surface area contributed by atoms with E-state index in [0.29, 0.717) is 11.8 Å². The highest BCUT2D eigenvalue weighted by Gasteiger charge is 2.21. The van der Waals surface area contributed by atoms with Crippen LogP contribution in [0.15, 0.2) is 30.3 Å². The zero-order valence-electron chi connectivity index (χ0n) is 8.32. The Morgan fingerprint density at radius 1 is 1.18 bits per heavy atom. The van der Waals surface area contributed by atoms with Crippen molar-refractivity contribution in [1.29, 1.82) is 0 Å². The lowest BCUT2D eigenvalue weighted by Crippen LogP contribution is -2.01. The maximum Gasteiger partial charge on any atom is 0.256 e. The number of H-pyrrole nitrogens is 1. The Morgan fingerprint density at radius 3 is 2.53 bits per heavy atom. The van der Waals surface area contributed by atoms with Crippen molar-refractivity contribution >= 4 is 52.7 Å². The average molecular weight is 310 g/mol. The van der Waals surface area contributed by atoms with Crippen molar-refractivity contribution in [1.82, 2.24) is 15.2 Å². The normalized spacial score (nSPS) is 11.5. The molecule has 0 unspecified atom stereocenters. The molecule has 0 aliphatic carbocycles. The Kier molecular flexibility index (Phi) is 4.04. The lowest BCUT2D eigenvalue weighted by atomic mass is 10.2. The van der Waals surface area contributed by atoms with E-state index in [1.807, 2.05) is 30.3 Å². The zero-order valence-corrected chi connectivity index (χ0v) is 11.4. The Bertz CT molecular complexity index is 482. The van der Waals surface area contributed by atoms with Gasteiger partial charge in [0.05, 0.1) is 0 Å². The van der Waals surface area contributed by atoms with Crippen LogP contribution in [0.1, 0.15) is 0 Å². The highest BCUT2D eigenvalue weighted by atomic mass is 35.6. The summed E-state index contributed by atoms with van der Waals surface area (Å²) >= 11 is 17.6. The van der Waals surface area contributed by atoms with Crippen molar-refractivity contribution in [2.45, 2.75) is 3.12 Å². The number of halogens is 3. The minimum Gasteiger partial charge on any atom is -0.293 e. The summed E-state index contributed by atoms with van der Waals surface area (Å²) in [5.74, 6) is 1.01. The van der Waals surface area contributed by atoms with E-state index in [2.05, 4.69) is 19.9 Å². The number of nitrogens with zero attached hydrogens (tertiary/aromatic N) is 2. The van der Waals surface area contributed by atoms with Crippen LogP contribution >= 0.6 is 46.8 Å². The monoisotopic (exact) mass is 308 g/mol. The topological polar surface area (TPSA) is 53.6 Å². The molecule has 0 amide bonds. The van der Waals surface area contributed by atoms with E-state index in [-0.39, 0.29) is 0 Å². The zero-order chi connectivity index (χ0) is 12.3. The Balaban J connectivity index is 2.07. The molecule has 1 aromatic carbocycles. The third kappa shape index (κ3) is 3.96. The average Bonchev–Trinajstić information content (AvgIpc) is 2.75. The van der Waals surface area contributed by atoms with Gasteiger partial charge in [-0.1, -0.05) is 65.1 Å². The van der Waals surface area contributed by atoms with Crippen molar-refractivity contribution in [2.24, 2.45) is 0 Å². The maximum absolute atomic E-state index is 5.57. The summed E-state index contributed by atoms with van der Waals surface area (Å²) in [5.41, 5.74) is 0.937. The van der Waals surface area contributed by atoms with Crippen LogP contribution in [0.4, 0.5) is 5.95 Å². The summed E-state index contributed by atoms with van der Waals surface area (Å²) in [6.45, 7) is 0. The van der Waals surface area contributed by atoms with Gasteiger partial charge in [0.15, 0.2) is 5.82 Å². The highest BCUT2D eigenvalue weighted by molar-refractivity contribution is 8.05. The number of aromatic amines is 1. The predicted octanol–water partition coefficient (Wildman–Crippen LogP) is 3.86. The van der Waals surface area contributed by atoms with Gasteiger partial charge < -0.3 is 0 Å². The van der Waals surface area contributed by atoms with Gasteiger partial charge in [0.1, 0.15) is 0 Å². The van der Waals surface area contributed by atoms with Crippen molar-refractivity contribution in [2.75, 3.05) is 4.72 Å². The van der Waals surface area contributed by atoms with Gasteiger partial charge in [-0.3, -0.25) is 9.82 Å². The minimum atomic E-state index is -1.45. The molecule has 0 atom stereocenters. The number of anilines is 1. The molecule has 0 bridgehead atoms. The molecule has 0 saturated carbocycles. The highest BCUT2D eigenvalue weighted by Crippen LogP contribution is 2.38. The summed E-state index contributed by atoms with van der Waals surface area (Å²) in [6, 6.07) is 9.61. The number of hydrogen-bond acceptors (Lipinski definition) is 4. The third-order valence-corrected chi connectivity index (χ3v) is 3.00. The van der Waals surface area contributed by atoms with Crippen LogP contribution in [-0.4, -0.2) is 18.3 Å². The van der Waals surface area contributed by atoms with Crippen molar-refractivity contribution in [3.05, 3.63) is 30.3 Å². The molecule has 90 valence electrons. The van der Waals surface area contributed by atoms with E-state index in [9.17, 15) is 0 Å². The standard InChI is InChI=1S/C9H7Cl3N4S/c10-9(11,12)17-16-8-13-7(14-15-8)6-4-2-1-3-5-6/h1-5H,(H2,13,14,15,16). The first-order valence-corrected chi connectivity index (χ1v) is 6.48. The van der Waals surface area contributed by atoms with Gasteiger partial charge in [-0.15, -0.1) is 5.10 Å². The first kappa shape index (κ1) is 12.8. The lowest BCUT2D eigenvalue weighted by molar-refractivity contribution is 1.10. The summed E-state index contributed by atoms with van der Waals surface area (Å²) in [6.07, 6.45) is 0. The van der Waals surface area contributed by atoms with E-state index in [1.54, 1.807) is 0 Å². The second kappa shape index (κ2) is 5.35. The van der Waals surface area contributed by atoms with Crippen LogP contribution in [0.3, 0.4) is 0 Å². The Labute approximate surface area is 117 Å². The van der Waals surface area contributed by atoms with Gasteiger partial charge >= 0.3 is 0 Å². The fraction of sp³-hybridized carbons (Fsp3) is 0.111. The number of alkyl halides is 3. The molecule has 1 heterocycles. The van der Waals surface area contributed by atoms with Crippen LogP contribution < -0.4 is 4.72 Å². The van der Waals surface area contributed by atoms with Crippen molar-refractivity contribution in [3.63, 3.8) is 0 Å². The molecule has 1 aromatic heterocycles. The SMILES string of the molecule is ClC(Cl)(Cl)SNc1n[nH]c(-c2ccccc2)n1. The van der Waals surface area contributed by atoms with Crippen LogP contribution in [-0.2, 0) is 0 Å². The summed E-state index contributed by atoms with van der Waals surface area (Å²) in [7, 11) is 0. The molecule has 0 saturated heterocycles. The molecule has 8 heteroatoms. The fourth-order valence-electron chi connectivity index (χ4n) is 1.14. The Morgan fingerprint density at radius 2 is 1.88 bits per heavy atom. The van der Waals surface area contributed by atoms with E-state index in [1.165, 1.54) is 0 Å². The van der Waals surface area contributed by atoms with Gasteiger partial charge in [-0.2, -0.15) is 4.98 Å². The van der Waals surface area contributed by atoms with Gasteiger partial charge in [0.25, 0.3) is 9.07 Å². The second-order valence-corrected chi connectivity index (χ2v) is 7.00. The first-order chi connectivity index (χ1) is 8.04. The molecule has 0 aliphatic heterocycles. The van der Waals surface area contributed by atoms with Gasteiger partial charge in [-0.25, -0.2) is 0 Å². The van der Waals surface area contributed by atoms with Crippen LogP contribution in [0.25, 0.3) is 11.4 Å². The van der Waals surface area contributed by atoms with Crippen LogP contribution in [0.2, 0.25) is 0 Å². The van der Waals surface area contributed by atoms with Crippen molar-refractivity contribution < 1.29 is 0 Å². The molecule has 0 fully saturated rings. The smallest absolute Gasteiger partial charge is 0.256 e.